The van der Waals surface area contributed by atoms with Crippen LogP contribution in [0.3, 0.4) is 0 Å². The first-order chi connectivity index (χ1) is 13.7. The van der Waals surface area contributed by atoms with Crippen molar-refractivity contribution in [3.8, 4) is 5.75 Å². The average molecular weight is 396 g/mol. The summed E-state index contributed by atoms with van der Waals surface area (Å²) < 4.78 is 5.65. The second-order valence-electron chi connectivity index (χ2n) is 8.90. The molecule has 0 unspecified atom stereocenters. The van der Waals surface area contributed by atoms with Gasteiger partial charge in [0, 0.05) is 37.6 Å². The van der Waals surface area contributed by atoms with Gasteiger partial charge < -0.3 is 19.9 Å². The molecule has 156 valence electrons. The number of hydrogen-bond acceptors (Lipinski definition) is 4. The van der Waals surface area contributed by atoms with Crippen molar-refractivity contribution >= 4 is 17.3 Å². The number of piperazine rings is 1. The van der Waals surface area contributed by atoms with Crippen LogP contribution in [0.15, 0.2) is 42.5 Å². The monoisotopic (exact) mass is 395 g/mol. The molecule has 1 amide bonds. The maximum Gasteiger partial charge on any atom is 0.262 e. The van der Waals surface area contributed by atoms with E-state index in [2.05, 4.69) is 67.2 Å². The van der Waals surface area contributed by atoms with E-state index in [9.17, 15) is 4.79 Å². The normalized spacial score (nSPS) is 15.3. The molecule has 1 saturated heterocycles. The van der Waals surface area contributed by atoms with Gasteiger partial charge in [0.05, 0.1) is 0 Å². The topological polar surface area (TPSA) is 44.8 Å². The van der Waals surface area contributed by atoms with Crippen molar-refractivity contribution in [2.45, 2.75) is 33.1 Å². The molecule has 0 bridgehead atoms. The second-order valence-corrected chi connectivity index (χ2v) is 8.90. The zero-order valence-corrected chi connectivity index (χ0v) is 18.3. The predicted molar refractivity (Wildman–Crippen MR) is 120 cm³/mol. The summed E-state index contributed by atoms with van der Waals surface area (Å²) in [6, 6.07) is 14.2. The van der Waals surface area contributed by atoms with Gasteiger partial charge in [-0.1, -0.05) is 32.9 Å². The molecule has 0 atom stereocenters. The Balaban J connectivity index is 1.54. The predicted octanol–water partition coefficient (Wildman–Crippen LogP) is 4.06. The molecule has 0 radical (unpaired) electrons. The fraction of sp³-hybridized carbons (Fsp3) is 0.458. The lowest BCUT2D eigenvalue weighted by molar-refractivity contribution is -0.118. The fourth-order valence-corrected chi connectivity index (χ4v) is 3.44. The number of nitrogens with one attached hydrogen (secondary N) is 1. The van der Waals surface area contributed by atoms with E-state index in [4.69, 9.17) is 4.74 Å². The van der Waals surface area contributed by atoms with Crippen molar-refractivity contribution in [1.82, 2.24) is 4.90 Å². The molecule has 0 aliphatic carbocycles. The van der Waals surface area contributed by atoms with Crippen LogP contribution < -0.4 is 15.0 Å². The molecule has 0 saturated carbocycles. The SMILES string of the molecule is Cc1cc(N2CCN(C)CC2)ccc1NC(=O)COc1ccc(C(C)(C)C)cc1. The number of carbonyl (C=O) groups is 1. The highest BCUT2D eigenvalue weighted by atomic mass is 16.5. The molecular weight excluding hydrogens is 362 g/mol. The van der Waals surface area contributed by atoms with Crippen LogP contribution in [0.25, 0.3) is 0 Å². The summed E-state index contributed by atoms with van der Waals surface area (Å²) >= 11 is 0. The van der Waals surface area contributed by atoms with Crippen LogP contribution in [-0.2, 0) is 10.2 Å². The molecule has 5 nitrogen and oxygen atoms in total. The van der Waals surface area contributed by atoms with E-state index >= 15 is 0 Å². The Bertz CT molecular complexity index is 832. The van der Waals surface area contributed by atoms with E-state index in [1.54, 1.807) is 0 Å². The molecule has 2 aromatic carbocycles. The van der Waals surface area contributed by atoms with Gasteiger partial charge in [0.15, 0.2) is 6.61 Å². The number of anilines is 2. The molecule has 1 aliphatic heterocycles. The van der Waals surface area contributed by atoms with Crippen LogP contribution in [-0.4, -0.2) is 50.6 Å². The Hall–Kier alpha value is -2.53. The van der Waals surface area contributed by atoms with E-state index in [1.807, 2.05) is 25.1 Å². The van der Waals surface area contributed by atoms with Crippen LogP contribution in [0.2, 0.25) is 0 Å². The molecule has 2 aromatic rings. The lowest BCUT2D eigenvalue weighted by Crippen LogP contribution is -2.44. The van der Waals surface area contributed by atoms with E-state index in [0.717, 1.165) is 37.4 Å². The number of nitrogens with zero attached hydrogens (tertiary/aromatic N) is 2. The third-order valence-corrected chi connectivity index (χ3v) is 5.44. The number of hydrogen-bond donors (Lipinski definition) is 1. The summed E-state index contributed by atoms with van der Waals surface area (Å²) in [6.07, 6.45) is 0. The van der Waals surface area contributed by atoms with Crippen molar-refractivity contribution in [3.05, 3.63) is 53.6 Å². The van der Waals surface area contributed by atoms with Crippen LogP contribution in [0.5, 0.6) is 5.75 Å². The maximum absolute atomic E-state index is 12.3. The highest BCUT2D eigenvalue weighted by Gasteiger charge is 2.16. The number of carbonyl (C=O) groups excluding carboxylic acids is 1. The summed E-state index contributed by atoms with van der Waals surface area (Å²) in [4.78, 5) is 17.1. The molecule has 1 N–H and O–H groups in total. The van der Waals surface area contributed by atoms with Crippen LogP contribution in [0.1, 0.15) is 31.9 Å². The number of rotatable bonds is 5. The smallest absolute Gasteiger partial charge is 0.262 e. The summed E-state index contributed by atoms with van der Waals surface area (Å²) in [6.45, 7) is 12.8. The van der Waals surface area contributed by atoms with Gasteiger partial charge in [0.25, 0.3) is 5.91 Å². The average Bonchev–Trinajstić information content (AvgIpc) is 2.68. The summed E-state index contributed by atoms with van der Waals surface area (Å²) in [5.74, 6) is 0.552. The van der Waals surface area contributed by atoms with Gasteiger partial charge in [-0.15, -0.1) is 0 Å². The number of ether oxygens (including phenoxy) is 1. The number of aryl methyl sites for hydroxylation is 1. The molecule has 0 aromatic heterocycles. The molecule has 5 heteroatoms. The van der Waals surface area contributed by atoms with Crippen molar-refractivity contribution in [2.24, 2.45) is 0 Å². The molecule has 1 heterocycles. The third kappa shape index (κ3) is 5.73. The highest BCUT2D eigenvalue weighted by Crippen LogP contribution is 2.25. The number of likely N-dealkylation sites (N-methyl/N-ethyl adjacent to an activating group) is 1. The first-order valence-corrected chi connectivity index (χ1v) is 10.3. The van der Waals surface area contributed by atoms with Crippen LogP contribution >= 0.6 is 0 Å². The summed E-state index contributed by atoms with van der Waals surface area (Å²) in [7, 11) is 2.15. The highest BCUT2D eigenvalue weighted by molar-refractivity contribution is 5.92. The Morgan fingerprint density at radius 1 is 1.03 bits per heavy atom. The first kappa shape index (κ1) is 21.2. The van der Waals surface area contributed by atoms with Crippen molar-refractivity contribution in [1.29, 1.82) is 0 Å². The molecule has 0 spiro atoms. The minimum atomic E-state index is -0.152. The maximum atomic E-state index is 12.3. The number of benzene rings is 2. The minimum Gasteiger partial charge on any atom is -0.484 e. The first-order valence-electron chi connectivity index (χ1n) is 10.3. The van der Waals surface area contributed by atoms with Crippen molar-refractivity contribution < 1.29 is 9.53 Å². The fourth-order valence-electron chi connectivity index (χ4n) is 3.44. The summed E-state index contributed by atoms with van der Waals surface area (Å²) in [5.41, 5.74) is 4.45. The van der Waals surface area contributed by atoms with Gasteiger partial charge in [-0.25, -0.2) is 0 Å². The number of amides is 1. The van der Waals surface area contributed by atoms with Gasteiger partial charge >= 0.3 is 0 Å². The van der Waals surface area contributed by atoms with E-state index in [0.29, 0.717) is 5.75 Å². The molecule has 29 heavy (non-hydrogen) atoms. The van der Waals surface area contributed by atoms with Gasteiger partial charge in [-0.2, -0.15) is 0 Å². The Morgan fingerprint density at radius 2 is 1.69 bits per heavy atom. The summed E-state index contributed by atoms with van der Waals surface area (Å²) in [5, 5.41) is 2.96. The zero-order chi connectivity index (χ0) is 21.0. The van der Waals surface area contributed by atoms with E-state index in [1.165, 1.54) is 11.3 Å². The van der Waals surface area contributed by atoms with Gasteiger partial charge in [-0.3, -0.25) is 4.79 Å². The largest absolute Gasteiger partial charge is 0.484 e. The molecule has 3 rings (SSSR count). The van der Waals surface area contributed by atoms with Gasteiger partial charge in [-0.05, 0) is 60.8 Å². The standard InChI is InChI=1S/C24H33N3O2/c1-18-16-20(27-14-12-26(5)13-15-27)8-11-22(18)25-23(28)17-29-21-9-6-19(7-10-21)24(2,3)4/h6-11,16H,12-15,17H2,1-5H3,(H,25,28). The van der Waals surface area contributed by atoms with E-state index in [-0.39, 0.29) is 17.9 Å². The van der Waals surface area contributed by atoms with Crippen molar-refractivity contribution in [3.63, 3.8) is 0 Å². The van der Waals surface area contributed by atoms with Crippen LogP contribution in [0, 0.1) is 6.92 Å². The second kappa shape index (κ2) is 8.87. The molecule has 1 fully saturated rings. The van der Waals surface area contributed by atoms with Crippen LogP contribution in [0.4, 0.5) is 11.4 Å². The quantitative estimate of drug-likeness (QED) is 0.829. The molecular formula is C24H33N3O2. The van der Waals surface area contributed by atoms with Gasteiger partial charge in [0.2, 0.25) is 0 Å². The Kier molecular flexibility index (Phi) is 6.48. The zero-order valence-electron chi connectivity index (χ0n) is 18.3. The lowest BCUT2D eigenvalue weighted by Gasteiger charge is -2.34. The van der Waals surface area contributed by atoms with Crippen molar-refractivity contribution in [2.75, 3.05) is 50.1 Å². The van der Waals surface area contributed by atoms with E-state index < -0.39 is 0 Å². The minimum absolute atomic E-state index is 0.00544. The Morgan fingerprint density at radius 3 is 2.28 bits per heavy atom. The third-order valence-electron chi connectivity index (χ3n) is 5.44. The Labute approximate surface area is 174 Å². The molecule has 1 aliphatic rings. The van der Waals surface area contributed by atoms with Gasteiger partial charge in [0.1, 0.15) is 5.75 Å². The lowest BCUT2D eigenvalue weighted by atomic mass is 9.87.